The van der Waals surface area contributed by atoms with E-state index >= 15 is 0 Å². The van der Waals surface area contributed by atoms with Crippen LogP contribution in [0.4, 0.5) is 5.69 Å². The Morgan fingerprint density at radius 3 is 2.38 bits per heavy atom. The molecule has 0 aliphatic carbocycles. The van der Waals surface area contributed by atoms with Crippen molar-refractivity contribution in [3.63, 3.8) is 0 Å². The molecule has 0 unspecified atom stereocenters. The van der Waals surface area contributed by atoms with Crippen molar-refractivity contribution in [2.45, 2.75) is 6.92 Å². The first-order valence-corrected chi connectivity index (χ1v) is 10.7. The molecule has 32 heavy (non-hydrogen) atoms. The number of carbonyl (C=O) groups is 2. The zero-order valence-corrected chi connectivity index (χ0v) is 18.9. The Morgan fingerprint density at radius 2 is 1.78 bits per heavy atom. The van der Waals surface area contributed by atoms with Crippen LogP contribution in [-0.4, -0.2) is 78.1 Å². The third kappa shape index (κ3) is 5.86. The van der Waals surface area contributed by atoms with Crippen LogP contribution in [-0.2, 0) is 9.59 Å². The lowest BCUT2D eigenvalue weighted by Crippen LogP contribution is -2.47. The summed E-state index contributed by atoms with van der Waals surface area (Å²) in [5.41, 5.74) is 1.95. The summed E-state index contributed by atoms with van der Waals surface area (Å²) in [5.74, 6) is 0.0366. The Bertz CT molecular complexity index is 1040. The molecule has 170 valence electrons. The zero-order valence-electron chi connectivity index (χ0n) is 18.1. The van der Waals surface area contributed by atoms with Crippen LogP contribution in [0.1, 0.15) is 10.4 Å². The molecule has 1 aromatic carbocycles. The fraction of sp³-hybridized carbons (Fsp3) is 0.318. The van der Waals surface area contributed by atoms with Gasteiger partial charge in [-0.3, -0.25) is 0 Å². The third-order valence-electron chi connectivity index (χ3n) is 4.83. The number of hydrogen-bond donors (Lipinski definition) is 2. The second-order valence-electron chi connectivity index (χ2n) is 7.23. The molecule has 0 amide bonds. The van der Waals surface area contributed by atoms with Crippen molar-refractivity contribution < 1.29 is 29.3 Å². The topological polar surface area (TPSA) is 112 Å². The first-order chi connectivity index (χ1) is 15.3. The molecule has 0 saturated carbocycles. The maximum atomic E-state index is 9.55. The predicted octanol–water partition coefficient (Wildman–Crippen LogP) is 3.21. The summed E-state index contributed by atoms with van der Waals surface area (Å²) in [6.07, 6.45) is 1.12. The molecule has 2 aliphatic rings. The van der Waals surface area contributed by atoms with Crippen molar-refractivity contribution in [1.82, 2.24) is 9.80 Å². The van der Waals surface area contributed by atoms with Crippen LogP contribution in [0.2, 0.25) is 0 Å². The minimum absolute atomic E-state index is 0.558. The fourth-order valence-corrected chi connectivity index (χ4v) is 4.06. The molecule has 1 saturated heterocycles. The van der Waals surface area contributed by atoms with E-state index in [0.717, 1.165) is 59.8 Å². The molecule has 4 rings (SSSR count). The van der Waals surface area contributed by atoms with E-state index in [4.69, 9.17) is 24.7 Å². The van der Waals surface area contributed by atoms with Gasteiger partial charge < -0.3 is 29.5 Å². The van der Waals surface area contributed by atoms with Gasteiger partial charge in [0.05, 0.1) is 12.7 Å². The maximum Gasteiger partial charge on any atom is 0.328 e. The number of hydrogen-bond acceptors (Lipinski definition) is 8. The van der Waals surface area contributed by atoms with Crippen LogP contribution < -0.4 is 9.47 Å². The molecule has 0 spiro atoms. The molecule has 3 heterocycles. The largest absolute Gasteiger partial charge is 0.497 e. The van der Waals surface area contributed by atoms with Crippen molar-refractivity contribution in [2.75, 3.05) is 40.3 Å². The monoisotopic (exact) mass is 459 g/mol. The van der Waals surface area contributed by atoms with Gasteiger partial charge in [-0.1, -0.05) is 0 Å². The van der Waals surface area contributed by atoms with E-state index in [9.17, 15) is 9.59 Å². The zero-order chi connectivity index (χ0) is 23.3. The van der Waals surface area contributed by atoms with Gasteiger partial charge in [0.25, 0.3) is 0 Å². The second-order valence-corrected chi connectivity index (χ2v) is 8.45. The van der Waals surface area contributed by atoms with Crippen molar-refractivity contribution in [2.24, 2.45) is 4.99 Å². The Labute approximate surface area is 189 Å². The van der Waals surface area contributed by atoms with E-state index in [1.54, 1.807) is 18.4 Å². The minimum Gasteiger partial charge on any atom is -0.497 e. The number of fused-ring (bicyclic) bond motifs is 2. The third-order valence-corrected chi connectivity index (χ3v) is 5.76. The van der Waals surface area contributed by atoms with Crippen LogP contribution >= 0.6 is 11.3 Å². The van der Waals surface area contributed by atoms with Gasteiger partial charge >= 0.3 is 11.9 Å². The van der Waals surface area contributed by atoms with Gasteiger partial charge in [-0.05, 0) is 32.2 Å². The highest BCUT2D eigenvalue weighted by Crippen LogP contribution is 2.43. The van der Waals surface area contributed by atoms with Crippen molar-refractivity contribution in [1.29, 1.82) is 0 Å². The number of amidine groups is 1. The van der Waals surface area contributed by atoms with E-state index in [1.165, 1.54) is 4.88 Å². The predicted molar refractivity (Wildman–Crippen MR) is 122 cm³/mol. The van der Waals surface area contributed by atoms with Crippen LogP contribution in [0, 0.1) is 6.92 Å². The maximum absolute atomic E-state index is 9.55. The number of piperazine rings is 1. The summed E-state index contributed by atoms with van der Waals surface area (Å²) in [7, 11) is 3.83. The fourth-order valence-electron chi connectivity index (χ4n) is 3.20. The first kappa shape index (κ1) is 23.3. The Morgan fingerprint density at radius 1 is 1.12 bits per heavy atom. The van der Waals surface area contributed by atoms with Gasteiger partial charge in [-0.2, -0.15) is 0 Å². The van der Waals surface area contributed by atoms with Crippen LogP contribution in [0.15, 0.2) is 41.4 Å². The summed E-state index contributed by atoms with van der Waals surface area (Å²) in [5, 5.41) is 16.5. The Balaban J connectivity index is 0.000000312. The molecular formula is C22H25N3O6S. The summed E-state index contributed by atoms with van der Waals surface area (Å²) in [6, 6.07) is 7.98. The first-order valence-electron chi connectivity index (χ1n) is 9.89. The van der Waals surface area contributed by atoms with E-state index in [0.29, 0.717) is 12.2 Å². The van der Waals surface area contributed by atoms with Gasteiger partial charge in [-0.15, -0.1) is 11.3 Å². The van der Waals surface area contributed by atoms with Crippen LogP contribution in [0.25, 0.3) is 0 Å². The number of nitrogens with zero attached hydrogens (tertiary/aromatic N) is 3. The highest BCUT2D eigenvalue weighted by Gasteiger charge is 2.26. The lowest BCUT2D eigenvalue weighted by Gasteiger charge is -2.34. The molecular weight excluding hydrogens is 434 g/mol. The van der Waals surface area contributed by atoms with Gasteiger partial charge in [0.2, 0.25) is 0 Å². The van der Waals surface area contributed by atoms with Gasteiger partial charge in [0.1, 0.15) is 17.3 Å². The number of ether oxygens (including phenoxy) is 2. The van der Waals surface area contributed by atoms with E-state index < -0.39 is 11.9 Å². The molecule has 0 atom stereocenters. The van der Waals surface area contributed by atoms with Gasteiger partial charge in [0.15, 0.2) is 10.8 Å². The van der Waals surface area contributed by atoms with Crippen molar-refractivity contribution >= 4 is 34.8 Å². The number of aliphatic carboxylic acids is 2. The number of likely N-dealkylation sites (N-methyl/N-ethyl adjacent to an activating group) is 1. The normalized spacial score (nSPS) is 15.5. The second kappa shape index (κ2) is 10.3. The van der Waals surface area contributed by atoms with Crippen LogP contribution in [0.3, 0.4) is 0 Å². The van der Waals surface area contributed by atoms with Gasteiger partial charge in [0, 0.05) is 49.3 Å². The average Bonchev–Trinajstić information content (AvgIpc) is 3.05. The molecule has 2 aliphatic heterocycles. The molecule has 2 aromatic rings. The SMILES string of the molecule is COc1ccc2c(c1)Oc1sc(C)cc1C(N1CCN(C)CC1)=N2.O=C(O)/C=C/C(=O)O. The minimum atomic E-state index is -1.26. The number of aryl methyl sites for hydroxylation is 1. The van der Waals surface area contributed by atoms with Crippen LogP contribution in [0.5, 0.6) is 16.6 Å². The Hall–Kier alpha value is -3.37. The Kier molecular flexibility index (Phi) is 7.49. The molecule has 1 fully saturated rings. The quantitative estimate of drug-likeness (QED) is 0.673. The molecule has 10 heteroatoms. The lowest BCUT2D eigenvalue weighted by molar-refractivity contribution is -0.134. The number of benzene rings is 1. The van der Waals surface area contributed by atoms with Crippen molar-refractivity contribution in [3.05, 3.63) is 46.9 Å². The number of carboxylic acids is 2. The summed E-state index contributed by atoms with van der Waals surface area (Å²) < 4.78 is 11.5. The number of methoxy groups -OCH3 is 1. The summed E-state index contributed by atoms with van der Waals surface area (Å²) in [6.45, 7) is 6.17. The number of aliphatic imine (C=N–C) groups is 1. The highest BCUT2D eigenvalue weighted by atomic mass is 32.1. The summed E-state index contributed by atoms with van der Waals surface area (Å²) >= 11 is 1.67. The molecule has 9 nitrogen and oxygen atoms in total. The molecule has 2 N–H and O–H groups in total. The molecule has 1 aromatic heterocycles. The van der Waals surface area contributed by atoms with Gasteiger partial charge in [-0.25, -0.2) is 14.6 Å². The van der Waals surface area contributed by atoms with E-state index in [-0.39, 0.29) is 0 Å². The molecule has 0 radical (unpaired) electrons. The number of thiophene rings is 1. The average molecular weight is 460 g/mol. The van der Waals surface area contributed by atoms with E-state index in [1.807, 2.05) is 18.2 Å². The lowest BCUT2D eigenvalue weighted by atomic mass is 10.2. The standard InChI is InChI=1S/C18H21N3O2S.C4H4O4/c1-12-10-14-17(21-8-6-20(2)7-9-21)19-15-5-4-13(22-3)11-16(15)23-18(14)24-12;5-3(6)1-2-4(7)8/h4-5,10-11H,6-9H2,1-3H3;1-2H,(H,5,6)(H,7,8)/b;2-1+. The number of carboxylic acid groups (broad SMARTS) is 2. The molecule has 0 bridgehead atoms. The number of rotatable bonds is 3. The smallest absolute Gasteiger partial charge is 0.328 e. The highest BCUT2D eigenvalue weighted by molar-refractivity contribution is 7.14. The summed E-state index contributed by atoms with van der Waals surface area (Å²) in [4.78, 5) is 30.0. The van der Waals surface area contributed by atoms with E-state index in [2.05, 4.69) is 29.8 Å². The van der Waals surface area contributed by atoms with Crippen molar-refractivity contribution in [3.8, 4) is 16.6 Å².